The van der Waals surface area contributed by atoms with E-state index in [-0.39, 0.29) is 12.5 Å². The van der Waals surface area contributed by atoms with E-state index < -0.39 is 0 Å². The van der Waals surface area contributed by atoms with Crippen molar-refractivity contribution in [2.45, 2.75) is 20.0 Å². The normalized spacial score (nSPS) is 13.6. The minimum absolute atomic E-state index is 0.0332. The number of rotatable bonds is 5. The number of fused-ring (bicyclic) bond motifs is 1. The van der Waals surface area contributed by atoms with Crippen molar-refractivity contribution in [1.82, 2.24) is 9.97 Å². The number of benzene rings is 2. The molecule has 154 valence electrons. The van der Waals surface area contributed by atoms with Crippen molar-refractivity contribution >= 4 is 23.2 Å². The summed E-state index contributed by atoms with van der Waals surface area (Å²) in [6, 6.07) is 15.8. The summed E-state index contributed by atoms with van der Waals surface area (Å²) in [7, 11) is 3.54. The van der Waals surface area contributed by atoms with Crippen molar-refractivity contribution < 1.29 is 9.53 Å². The number of aromatic nitrogens is 2. The van der Waals surface area contributed by atoms with Crippen LogP contribution in [-0.4, -0.2) is 36.6 Å². The van der Waals surface area contributed by atoms with E-state index >= 15 is 0 Å². The molecule has 0 unspecified atom stereocenters. The third-order valence-electron chi connectivity index (χ3n) is 5.30. The lowest BCUT2D eigenvalue weighted by atomic mass is 10.1. The van der Waals surface area contributed by atoms with Gasteiger partial charge in [-0.2, -0.15) is 0 Å². The molecule has 1 N–H and O–H groups in total. The van der Waals surface area contributed by atoms with Crippen LogP contribution in [0.25, 0.3) is 0 Å². The van der Waals surface area contributed by atoms with E-state index in [0.717, 1.165) is 39.8 Å². The second-order valence-corrected chi connectivity index (χ2v) is 7.35. The number of hydrogen-bond donors (Lipinski definition) is 1. The van der Waals surface area contributed by atoms with Crippen LogP contribution in [-0.2, 0) is 17.9 Å². The van der Waals surface area contributed by atoms with E-state index in [4.69, 9.17) is 4.74 Å². The maximum atomic E-state index is 13.0. The molecule has 0 bridgehead atoms. The molecule has 30 heavy (non-hydrogen) atoms. The van der Waals surface area contributed by atoms with Gasteiger partial charge in [0.25, 0.3) is 0 Å². The first-order valence-electron chi connectivity index (χ1n) is 9.84. The first-order chi connectivity index (χ1) is 14.6. The van der Waals surface area contributed by atoms with Crippen LogP contribution in [0.5, 0.6) is 5.75 Å². The highest BCUT2D eigenvalue weighted by molar-refractivity contribution is 5.98. The average Bonchev–Trinajstić information content (AvgIpc) is 2.89. The van der Waals surface area contributed by atoms with Crippen molar-refractivity contribution in [1.29, 1.82) is 0 Å². The Kier molecular flexibility index (Phi) is 5.52. The van der Waals surface area contributed by atoms with E-state index in [1.54, 1.807) is 13.4 Å². The number of likely N-dealkylation sites (N-methyl/N-ethyl adjacent to an activating group) is 1. The lowest BCUT2D eigenvalue weighted by Crippen LogP contribution is -2.36. The van der Waals surface area contributed by atoms with Crippen molar-refractivity contribution in [2.24, 2.45) is 0 Å². The van der Waals surface area contributed by atoms with Crippen LogP contribution in [0.3, 0.4) is 0 Å². The fourth-order valence-electron chi connectivity index (χ4n) is 3.65. The molecule has 0 atom stereocenters. The molecule has 0 radical (unpaired) electrons. The monoisotopic (exact) mass is 403 g/mol. The highest BCUT2D eigenvalue weighted by Crippen LogP contribution is 2.31. The lowest BCUT2D eigenvalue weighted by Gasteiger charge is -2.23. The molecule has 0 saturated heterocycles. The zero-order valence-electron chi connectivity index (χ0n) is 17.4. The van der Waals surface area contributed by atoms with Gasteiger partial charge in [0, 0.05) is 19.3 Å². The number of amides is 1. The molecule has 7 nitrogen and oxygen atoms in total. The Morgan fingerprint density at radius 2 is 1.83 bits per heavy atom. The molecular formula is C23H25N5O2. The molecule has 1 aromatic heterocycles. The molecule has 1 aliphatic heterocycles. The van der Waals surface area contributed by atoms with Gasteiger partial charge in [-0.3, -0.25) is 4.79 Å². The Balaban J connectivity index is 1.64. The largest absolute Gasteiger partial charge is 0.497 e. The van der Waals surface area contributed by atoms with Gasteiger partial charge >= 0.3 is 0 Å². The standard InChI is InChI=1S/C23H25N5O2/c1-16-6-4-5-7-20(16)28-13-19-22(24-12-17-8-10-18(30-3)11-9-17)25-15-26-23(19)27(2)14-21(28)29/h4-11,15H,12-14H2,1-3H3,(H,24,25,26). The SMILES string of the molecule is COc1ccc(CNc2ncnc3c2CN(c2ccccc2C)C(=O)CN3C)cc1. The molecule has 1 amide bonds. The minimum Gasteiger partial charge on any atom is -0.497 e. The zero-order chi connectivity index (χ0) is 21.1. The third-order valence-corrected chi connectivity index (χ3v) is 5.30. The van der Waals surface area contributed by atoms with Gasteiger partial charge in [0.1, 0.15) is 23.7 Å². The molecule has 0 saturated carbocycles. The van der Waals surface area contributed by atoms with Crippen LogP contribution in [0.4, 0.5) is 17.3 Å². The van der Waals surface area contributed by atoms with Gasteiger partial charge in [-0.05, 0) is 36.2 Å². The summed E-state index contributed by atoms with van der Waals surface area (Å²) in [6.07, 6.45) is 1.54. The summed E-state index contributed by atoms with van der Waals surface area (Å²) >= 11 is 0. The van der Waals surface area contributed by atoms with E-state index in [0.29, 0.717) is 13.1 Å². The summed E-state index contributed by atoms with van der Waals surface area (Å²) < 4.78 is 5.22. The molecule has 7 heteroatoms. The first-order valence-corrected chi connectivity index (χ1v) is 9.84. The summed E-state index contributed by atoms with van der Waals surface area (Å²) in [5, 5.41) is 3.42. The number of aryl methyl sites for hydroxylation is 1. The fourth-order valence-corrected chi connectivity index (χ4v) is 3.65. The van der Waals surface area contributed by atoms with E-state index in [2.05, 4.69) is 15.3 Å². The Labute approximate surface area is 176 Å². The Morgan fingerprint density at radius 1 is 1.07 bits per heavy atom. The number of ether oxygens (including phenoxy) is 1. The topological polar surface area (TPSA) is 70.6 Å². The Bertz CT molecular complexity index is 1050. The first kappa shape index (κ1) is 19.7. The number of carbonyl (C=O) groups is 1. The number of para-hydroxylation sites is 1. The smallest absolute Gasteiger partial charge is 0.246 e. The maximum absolute atomic E-state index is 13.0. The molecule has 0 aliphatic carbocycles. The van der Waals surface area contributed by atoms with Gasteiger partial charge in [-0.25, -0.2) is 9.97 Å². The number of nitrogens with zero attached hydrogens (tertiary/aromatic N) is 4. The lowest BCUT2D eigenvalue weighted by molar-refractivity contribution is -0.117. The molecule has 1 aliphatic rings. The minimum atomic E-state index is 0.0332. The number of anilines is 3. The van der Waals surface area contributed by atoms with Crippen LogP contribution >= 0.6 is 0 Å². The van der Waals surface area contributed by atoms with E-state index in [1.165, 1.54) is 0 Å². The number of nitrogens with one attached hydrogen (secondary N) is 1. The molecule has 0 fully saturated rings. The quantitative estimate of drug-likeness (QED) is 0.704. The van der Waals surface area contributed by atoms with Gasteiger partial charge in [0.05, 0.1) is 25.8 Å². The van der Waals surface area contributed by atoms with Crippen molar-refractivity contribution in [3.63, 3.8) is 0 Å². The number of hydrogen-bond acceptors (Lipinski definition) is 6. The summed E-state index contributed by atoms with van der Waals surface area (Å²) in [4.78, 5) is 25.6. The van der Waals surface area contributed by atoms with Crippen LogP contribution in [0, 0.1) is 6.92 Å². The van der Waals surface area contributed by atoms with Crippen LogP contribution in [0.15, 0.2) is 54.9 Å². The maximum Gasteiger partial charge on any atom is 0.246 e. The van der Waals surface area contributed by atoms with Gasteiger partial charge in [-0.15, -0.1) is 0 Å². The number of methoxy groups -OCH3 is 1. The summed E-state index contributed by atoms with van der Waals surface area (Å²) in [5.41, 5.74) is 3.98. The van der Waals surface area contributed by atoms with Crippen molar-refractivity contribution in [3.8, 4) is 5.75 Å². The highest BCUT2D eigenvalue weighted by Gasteiger charge is 2.28. The molecule has 3 aromatic rings. The molecule has 2 heterocycles. The molecular weight excluding hydrogens is 378 g/mol. The molecule has 2 aromatic carbocycles. The predicted octanol–water partition coefficient (Wildman–Crippen LogP) is 3.39. The predicted molar refractivity (Wildman–Crippen MR) is 118 cm³/mol. The fraction of sp³-hybridized carbons (Fsp3) is 0.261. The van der Waals surface area contributed by atoms with Gasteiger partial charge < -0.3 is 19.9 Å². The van der Waals surface area contributed by atoms with Gasteiger partial charge in [0.2, 0.25) is 5.91 Å². The van der Waals surface area contributed by atoms with E-state index in [1.807, 2.05) is 72.3 Å². The van der Waals surface area contributed by atoms with Crippen LogP contribution in [0.2, 0.25) is 0 Å². The second kappa shape index (κ2) is 8.41. The highest BCUT2D eigenvalue weighted by atomic mass is 16.5. The Morgan fingerprint density at radius 3 is 2.57 bits per heavy atom. The molecule has 4 rings (SSSR count). The van der Waals surface area contributed by atoms with Crippen molar-refractivity contribution in [2.75, 3.05) is 35.8 Å². The van der Waals surface area contributed by atoms with Gasteiger partial charge in [-0.1, -0.05) is 30.3 Å². The average molecular weight is 403 g/mol. The third kappa shape index (κ3) is 3.91. The Hall–Kier alpha value is -3.61. The summed E-state index contributed by atoms with van der Waals surface area (Å²) in [5.74, 6) is 2.36. The van der Waals surface area contributed by atoms with E-state index in [9.17, 15) is 4.79 Å². The summed E-state index contributed by atoms with van der Waals surface area (Å²) in [6.45, 7) is 3.29. The number of carbonyl (C=O) groups excluding carboxylic acids is 1. The zero-order valence-corrected chi connectivity index (χ0v) is 17.4. The molecule has 0 spiro atoms. The van der Waals surface area contributed by atoms with Gasteiger partial charge in [0.15, 0.2) is 0 Å². The second-order valence-electron chi connectivity index (χ2n) is 7.35. The van der Waals surface area contributed by atoms with Crippen LogP contribution in [0.1, 0.15) is 16.7 Å². The van der Waals surface area contributed by atoms with Crippen LogP contribution < -0.4 is 19.9 Å². The van der Waals surface area contributed by atoms with Crippen molar-refractivity contribution in [3.05, 3.63) is 71.5 Å².